The molecule has 0 aliphatic heterocycles. The van der Waals surface area contributed by atoms with Gasteiger partial charge in [0.25, 0.3) is 0 Å². The molecular weight excluding hydrogens is 284 g/mol. The first-order valence-corrected chi connectivity index (χ1v) is 6.16. The second-order valence-electron chi connectivity index (χ2n) is 3.07. The molecule has 0 aliphatic rings. The lowest BCUT2D eigenvalue weighted by Crippen LogP contribution is -2.05. The van der Waals surface area contributed by atoms with Crippen LogP contribution in [0.15, 0.2) is 29.4 Å². The molecule has 0 atom stereocenters. The lowest BCUT2D eigenvalue weighted by atomic mass is 10.1. The van der Waals surface area contributed by atoms with Crippen LogP contribution in [0.2, 0.25) is 0 Å². The number of hydrogen-bond donors (Lipinski definition) is 1. The van der Waals surface area contributed by atoms with Crippen LogP contribution in [0.1, 0.15) is 11.1 Å². The molecular formula is C12H17BrN2O2. The van der Waals surface area contributed by atoms with Gasteiger partial charge in [-0.2, -0.15) is 0 Å². The van der Waals surface area contributed by atoms with Crippen molar-refractivity contribution in [2.75, 3.05) is 21.2 Å². The molecule has 0 spiro atoms. The van der Waals surface area contributed by atoms with Crippen LogP contribution in [0, 0.1) is 0 Å². The number of rotatable bonds is 4. The highest BCUT2D eigenvalue weighted by Crippen LogP contribution is 2.13. The zero-order valence-corrected chi connectivity index (χ0v) is 11.8. The van der Waals surface area contributed by atoms with E-state index in [4.69, 9.17) is 0 Å². The molecule has 0 saturated carbocycles. The Hall–Kier alpha value is -1.20. The fourth-order valence-corrected chi connectivity index (χ4v) is 1.61. The number of carbonyl (C=O) groups is 1. The third-order valence-corrected chi connectivity index (χ3v) is 2.34. The highest BCUT2D eigenvalue weighted by molar-refractivity contribution is 9.08. The zero-order valence-electron chi connectivity index (χ0n) is 10.2. The third-order valence-electron chi connectivity index (χ3n) is 1.74. The summed E-state index contributed by atoms with van der Waals surface area (Å²) in [6, 6.07) is 7.53. The van der Waals surface area contributed by atoms with Crippen LogP contribution in [-0.2, 0) is 15.0 Å². The molecule has 0 saturated heterocycles. The molecule has 0 unspecified atom stereocenters. The van der Waals surface area contributed by atoms with Crippen molar-refractivity contribution < 1.29 is 9.63 Å². The smallest absolute Gasteiger partial charge is 0.172 e. The van der Waals surface area contributed by atoms with E-state index in [0.29, 0.717) is 17.3 Å². The SMILES string of the molecule is CNC.CO/N=C(/C=O)c1ccccc1CBr. The Bertz CT molecular complexity index is 367. The van der Waals surface area contributed by atoms with E-state index in [1.54, 1.807) is 0 Å². The highest BCUT2D eigenvalue weighted by atomic mass is 79.9. The summed E-state index contributed by atoms with van der Waals surface area (Å²) in [7, 11) is 5.17. The lowest BCUT2D eigenvalue weighted by Gasteiger charge is -2.04. The zero-order chi connectivity index (χ0) is 13.1. The minimum atomic E-state index is 0.308. The largest absolute Gasteiger partial charge is 0.399 e. The van der Waals surface area contributed by atoms with Gasteiger partial charge in [0.1, 0.15) is 12.8 Å². The number of nitrogens with one attached hydrogen (secondary N) is 1. The Morgan fingerprint density at radius 2 is 2.06 bits per heavy atom. The molecule has 0 amide bonds. The number of hydrogen-bond acceptors (Lipinski definition) is 4. The van der Waals surface area contributed by atoms with Crippen molar-refractivity contribution in [1.82, 2.24) is 5.32 Å². The van der Waals surface area contributed by atoms with Gasteiger partial charge in [-0.3, -0.25) is 4.79 Å². The monoisotopic (exact) mass is 300 g/mol. The van der Waals surface area contributed by atoms with Crippen LogP contribution in [-0.4, -0.2) is 33.2 Å². The summed E-state index contributed by atoms with van der Waals surface area (Å²) in [5, 5.41) is 7.08. The molecule has 1 aromatic carbocycles. The quantitative estimate of drug-likeness (QED) is 0.400. The maximum atomic E-state index is 10.7. The third kappa shape index (κ3) is 5.60. The van der Waals surface area contributed by atoms with Crippen molar-refractivity contribution in [1.29, 1.82) is 0 Å². The molecule has 0 aliphatic carbocycles. The normalized spacial score (nSPS) is 10.2. The van der Waals surface area contributed by atoms with E-state index >= 15 is 0 Å². The van der Waals surface area contributed by atoms with Gasteiger partial charge in [-0.15, -0.1) is 0 Å². The van der Waals surface area contributed by atoms with Crippen molar-refractivity contribution >= 4 is 27.9 Å². The number of carbonyl (C=O) groups excluding carboxylic acids is 1. The second-order valence-corrected chi connectivity index (χ2v) is 3.63. The van der Waals surface area contributed by atoms with Crippen molar-refractivity contribution in [3.05, 3.63) is 35.4 Å². The molecule has 17 heavy (non-hydrogen) atoms. The Balaban J connectivity index is 0.000000770. The molecule has 0 fully saturated rings. The van der Waals surface area contributed by atoms with Gasteiger partial charge in [0, 0.05) is 10.9 Å². The Morgan fingerprint density at radius 3 is 2.53 bits per heavy atom. The van der Waals surface area contributed by atoms with Gasteiger partial charge in [-0.05, 0) is 19.7 Å². The molecule has 4 nitrogen and oxygen atoms in total. The van der Waals surface area contributed by atoms with Crippen LogP contribution in [0.5, 0.6) is 0 Å². The van der Waals surface area contributed by atoms with Crippen molar-refractivity contribution in [2.24, 2.45) is 5.16 Å². The molecule has 94 valence electrons. The molecule has 1 N–H and O–H groups in total. The Labute approximate surface area is 110 Å². The number of nitrogens with zero attached hydrogens (tertiary/aromatic N) is 1. The van der Waals surface area contributed by atoms with Gasteiger partial charge in [0.15, 0.2) is 6.29 Å². The molecule has 0 aromatic heterocycles. The Morgan fingerprint density at radius 1 is 1.47 bits per heavy atom. The average molecular weight is 301 g/mol. The summed E-state index contributed by atoms with van der Waals surface area (Å²) in [5.41, 5.74) is 2.11. The van der Waals surface area contributed by atoms with E-state index in [1.807, 2.05) is 38.4 Å². The van der Waals surface area contributed by atoms with Gasteiger partial charge < -0.3 is 10.2 Å². The summed E-state index contributed by atoms with van der Waals surface area (Å²) in [5.74, 6) is 0. The predicted molar refractivity (Wildman–Crippen MR) is 73.7 cm³/mol. The van der Waals surface area contributed by atoms with E-state index in [-0.39, 0.29) is 0 Å². The van der Waals surface area contributed by atoms with Crippen LogP contribution < -0.4 is 5.32 Å². The summed E-state index contributed by atoms with van der Waals surface area (Å²) in [4.78, 5) is 15.3. The first-order valence-electron chi connectivity index (χ1n) is 5.04. The topological polar surface area (TPSA) is 50.7 Å². The van der Waals surface area contributed by atoms with E-state index in [2.05, 4.69) is 31.2 Å². The minimum Gasteiger partial charge on any atom is -0.399 e. The van der Waals surface area contributed by atoms with E-state index in [9.17, 15) is 4.79 Å². The molecule has 1 rings (SSSR count). The molecule has 1 aromatic rings. The number of alkyl halides is 1. The standard InChI is InChI=1S/C10H10BrNO2.C2H7N/c1-14-12-10(7-13)9-5-3-2-4-8(9)6-11;1-3-2/h2-5,7H,6H2,1H3;3H,1-2H3/b12-10-;. The molecule has 0 heterocycles. The predicted octanol–water partition coefficient (Wildman–Crippen LogP) is 1.97. The van der Waals surface area contributed by atoms with Gasteiger partial charge in [0.05, 0.1) is 0 Å². The van der Waals surface area contributed by atoms with Gasteiger partial charge in [-0.25, -0.2) is 0 Å². The number of oxime groups is 1. The molecule has 5 heteroatoms. The van der Waals surface area contributed by atoms with Crippen LogP contribution in [0.25, 0.3) is 0 Å². The van der Waals surface area contributed by atoms with Crippen LogP contribution >= 0.6 is 15.9 Å². The number of halogens is 1. The van der Waals surface area contributed by atoms with E-state index < -0.39 is 0 Å². The first kappa shape index (κ1) is 15.8. The maximum absolute atomic E-state index is 10.7. The minimum absolute atomic E-state index is 0.308. The van der Waals surface area contributed by atoms with E-state index in [0.717, 1.165) is 11.1 Å². The summed E-state index contributed by atoms with van der Waals surface area (Å²) < 4.78 is 0. The van der Waals surface area contributed by atoms with Gasteiger partial charge in [0.2, 0.25) is 0 Å². The van der Waals surface area contributed by atoms with Crippen LogP contribution in [0.3, 0.4) is 0 Å². The second kappa shape index (κ2) is 9.99. The summed E-state index contributed by atoms with van der Waals surface area (Å²) in [6.45, 7) is 0. The van der Waals surface area contributed by atoms with Gasteiger partial charge in [-0.1, -0.05) is 45.4 Å². The first-order chi connectivity index (χ1) is 8.24. The van der Waals surface area contributed by atoms with E-state index in [1.165, 1.54) is 7.11 Å². The van der Waals surface area contributed by atoms with Crippen LogP contribution in [0.4, 0.5) is 0 Å². The molecule has 0 radical (unpaired) electrons. The number of benzene rings is 1. The summed E-state index contributed by atoms with van der Waals surface area (Å²) in [6.07, 6.45) is 0.686. The lowest BCUT2D eigenvalue weighted by molar-refractivity contribution is -0.102. The average Bonchev–Trinajstić information content (AvgIpc) is 2.37. The molecule has 0 bridgehead atoms. The fraction of sp³-hybridized carbons (Fsp3) is 0.333. The van der Waals surface area contributed by atoms with Crippen molar-refractivity contribution in [3.8, 4) is 0 Å². The van der Waals surface area contributed by atoms with Crippen molar-refractivity contribution in [2.45, 2.75) is 5.33 Å². The highest BCUT2D eigenvalue weighted by Gasteiger charge is 2.07. The van der Waals surface area contributed by atoms with Crippen molar-refractivity contribution in [3.63, 3.8) is 0 Å². The Kier molecular flexibility index (Phi) is 9.28. The maximum Gasteiger partial charge on any atom is 0.172 e. The number of aldehydes is 1. The van der Waals surface area contributed by atoms with Gasteiger partial charge >= 0.3 is 0 Å². The fourth-order valence-electron chi connectivity index (χ4n) is 1.12. The summed E-state index contributed by atoms with van der Waals surface area (Å²) >= 11 is 3.35.